The lowest BCUT2D eigenvalue weighted by molar-refractivity contribution is 0.0601. The number of carbonyl (C=O) groups excluding carboxylic acids is 2. The van der Waals surface area contributed by atoms with Crippen molar-refractivity contribution < 1.29 is 9.59 Å². The fourth-order valence-electron chi connectivity index (χ4n) is 4.54. The van der Waals surface area contributed by atoms with Crippen LogP contribution < -0.4 is 5.32 Å². The van der Waals surface area contributed by atoms with Crippen molar-refractivity contribution in [3.8, 4) is 0 Å². The molecule has 2 heterocycles. The Hall–Kier alpha value is -3.41. The summed E-state index contributed by atoms with van der Waals surface area (Å²) in [7, 11) is 0. The minimum absolute atomic E-state index is 0.0671. The molecule has 1 fully saturated rings. The van der Waals surface area contributed by atoms with Gasteiger partial charge in [0.25, 0.3) is 11.8 Å². The summed E-state index contributed by atoms with van der Waals surface area (Å²) in [4.78, 5) is 27.6. The normalized spacial score (nSPS) is 15.9. The second-order valence-corrected chi connectivity index (χ2v) is 8.84. The van der Waals surface area contributed by atoms with Crippen LogP contribution in [0.2, 0.25) is 0 Å². The highest BCUT2D eigenvalue weighted by Gasteiger charge is 2.27. The van der Waals surface area contributed by atoms with Crippen LogP contribution in [0.3, 0.4) is 0 Å². The van der Waals surface area contributed by atoms with E-state index in [1.54, 1.807) is 0 Å². The molecule has 0 saturated carbocycles. The fourth-order valence-corrected chi connectivity index (χ4v) is 4.54. The van der Waals surface area contributed by atoms with E-state index >= 15 is 0 Å². The highest BCUT2D eigenvalue weighted by Crippen LogP contribution is 2.22. The Kier molecular flexibility index (Phi) is 7.23. The molecule has 6 heteroatoms. The maximum Gasteiger partial charge on any atom is 0.254 e. The minimum atomic E-state index is -0.0671. The molecule has 172 valence electrons. The van der Waals surface area contributed by atoms with Gasteiger partial charge in [-0.3, -0.25) is 14.3 Å². The molecule has 0 radical (unpaired) electrons. The number of amides is 2. The van der Waals surface area contributed by atoms with Crippen LogP contribution in [0, 0.1) is 13.8 Å². The van der Waals surface area contributed by atoms with E-state index in [-0.39, 0.29) is 17.9 Å². The van der Waals surface area contributed by atoms with Crippen LogP contribution in [-0.2, 0) is 6.54 Å². The van der Waals surface area contributed by atoms with Gasteiger partial charge in [0.15, 0.2) is 0 Å². The third kappa shape index (κ3) is 5.69. The van der Waals surface area contributed by atoms with E-state index in [0.29, 0.717) is 24.2 Å². The van der Waals surface area contributed by atoms with Crippen molar-refractivity contribution in [1.82, 2.24) is 20.0 Å². The lowest BCUT2D eigenvalue weighted by Gasteiger charge is -2.36. The Morgan fingerprint density at radius 1 is 1.00 bits per heavy atom. The first kappa shape index (κ1) is 22.8. The second kappa shape index (κ2) is 10.5. The van der Waals surface area contributed by atoms with Crippen molar-refractivity contribution in [2.45, 2.75) is 52.1 Å². The van der Waals surface area contributed by atoms with Gasteiger partial charge in [-0.15, -0.1) is 0 Å². The predicted octanol–water partition coefficient (Wildman–Crippen LogP) is 4.36. The molecule has 2 aromatic carbocycles. The first-order chi connectivity index (χ1) is 16.0. The number of aromatic nitrogens is 2. The summed E-state index contributed by atoms with van der Waals surface area (Å²) >= 11 is 0. The summed E-state index contributed by atoms with van der Waals surface area (Å²) in [6, 6.07) is 19.3. The third-order valence-corrected chi connectivity index (χ3v) is 6.32. The Bertz CT molecular complexity index is 1090. The van der Waals surface area contributed by atoms with E-state index < -0.39 is 0 Å². The summed E-state index contributed by atoms with van der Waals surface area (Å²) in [5, 5.41) is 7.52. The summed E-state index contributed by atoms with van der Waals surface area (Å²) < 4.78 is 1.98. The van der Waals surface area contributed by atoms with Gasteiger partial charge >= 0.3 is 0 Å². The van der Waals surface area contributed by atoms with Crippen LogP contribution in [0.4, 0.5) is 0 Å². The average Bonchev–Trinajstić information content (AvgIpc) is 3.16. The fraction of sp³-hybridized carbons (Fsp3) is 0.370. The maximum atomic E-state index is 13.3. The van der Waals surface area contributed by atoms with Gasteiger partial charge in [0.2, 0.25) is 0 Å². The zero-order chi connectivity index (χ0) is 23.2. The summed E-state index contributed by atoms with van der Waals surface area (Å²) in [6.45, 7) is 6.07. The Labute approximate surface area is 195 Å². The molecule has 4 rings (SSSR count). The number of rotatable bonds is 7. The molecule has 33 heavy (non-hydrogen) atoms. The van der Waals surface area contributed by atoms with Crippen molar-refractivity contribution in [2.75, 3.05) is 13.1 Å². The molecule has 3 aromatic rings. The number of piperidine rings is 1. The lowest BCUT2D eigenvalue weighted by atomic mass is 9.98. The molecule has 0 aliphatic carbocycles. The molecule has 1 aromatic heterocycles. The van der Waals surface area contributed by atoms with Gasteiger partial charge in [0, 0.05) is 36.0 Å². The molecule has 1 aliphatic rings. The van der Waals surface area contributed by atoms with Gasteiger partial charge in [-0.05, 0) is 75.4 Å². The number of hydrogen-bond acceptors (Lipinski definition) is 3. The minimum Gasteiger partial charge on any atom is -0.352 e. The van der Waals surface area contributed by atoms with Gasteiger partial charge in [-0.25, -0.2) is 0 Å². The number of benzene rings is 2. The number of nitrogens with zero attached hydrogens (tertiary/aromatic N) is 3. The van der Waals surface area contributed by atoms with Crippen LogP contribution in [0.1, 0.15) is 63.4 Å². The number of carbonyl (C=O) groups is 2. The Morgan fingerprint density at radius 3 is 2.45 bits per heavy atom. The summed E-state index contributed by atoms with van der Waals surface area (Å²) in [5.74, 6) is 0.00855. The molecular weight excluding hydrogens is 412 g/mol. The number of aryl methyl sites for hydroxylation is 2. The van der Waals surface area contributed by atoms with Gasteiger partial charge in [0.1, 0.15) is 0 Å². The SMILES string of the molecule is Cc1cc(C)n(Cc2ccc(C(=O)N3CCCCC3CCNC(=O)c3ccccc3)cc2)n1. The molecule has 0 bridgehead atoms. The highest BCUT2D eigenvalue weighted by atomic mass is 16.2. The molecular formula is C27H32N4O2. The van der Waals surface area contributed by atoms with E-state index in [0.717, 1.165) is 49.2 Å². The number of nitrogens with one attached hydrogen (secondary N) is 1. The largest absolute Gasteiger partial charge is 0.352 e. The van der Waals surface area contributed by atoms with Crippen molar-refractivity contribution in [3.63, 3.8) is 0 Å². The van der Waals surface area contributed by atoms with Crippen molar-refractivity contribution in [1.29, 1.82) is 0 Å². The molecule has 6 nitrogen and oxygen atoms in total. The molecule has 1 aliphatic heterocycles. The molecule has 0 spiro atoms. The van der Waals surface area contributed by atoms with E-state index in [1.165, 1.54) is 0 Å². The number of likely N-dealkylation sites (tertiary alicyclic amines) is 1. The van der Waals surface area contributed by atoms with E-state index in [2.05, 4.69) is 23.4 Å². The van der Waals surface area contributed by atoms with Crippen LogP contribution in [0.5, 0.6) is 0 Å². The maximum absolute atomic E-state index is 13.3. The van der Waals surface area contributed by atoms with E-state index in [1.807, 2.05) is 71.1 Å². The van der Waals surface area contributed by atoms with Crippen molar-refractivity contribution in [3.05, 3.63) is 88.7 Å². The predicted molar refractivity (Wildman–Crippen MR) is 129 cm³/mol. The molecule has 1 saturated heterocycles. The standard InChI is InChI=1S/C27H32N4O2/c1-20-18-21(2)31(29-20)19-22-11-13-24(14-12-22)27(33)30-17-7-6-10-25(30)15-16-28-26(32)23-8-4-3-5-9-23/h3-5,8-9,11-14,18,25H,6-7,10,15-17,19H2,1-2H3,(H,28,32). The van der Waals surface area contributed by atoms with Crippen LogP contribution >= 0.6 is 0 Å². The van der Waals surface area contributed by atoms with Gasteiger partial charge in [0.05, 0.1) is 12.2 Å². The smallest absolute Gasteiger partial charge is 0.254 e. The quantitative estimate of drug-likeness (QED) is 0.589. The zero-order valence-electron chi connectivity index (χ0n) is 19.5. The molecule has 2 amide bonds. The average molecular weight is 445 g/mol. The molecule has 1 unspecified atom stereocenters. The lowest BCUT2D eigenvalue weighted by Crippen LogP contribution is -2.45. The molecule has 1 N–H and O–H groups in total. The number of hydrogen-bond donors (Lipinski definition) is 1. The first-order valence-corrected chi connectivity index (χ1v) is 11.8. The van der Waals surface area contributed by atoms with Crippen molar-refractivity contribution >= 4 is 11.8 Å². The van der Waals surface area contributed by atoms with Crippen LogP contribution in [0.15, 0.2) is 60.7 Å². The first-order valence-electron chi connectivity index (χ1n) is 11.8. The highest BCUT2D eigenvalue weighted by molar-refractivity contribution is 5.95. The Balaban J connectivity index is 1.35. The van der Waals surface area contributed by atoms with Crippen molar-refractivity contribution in [2.24, 2.45) is 0 Å². The molecule has 1 atom stereocenters. The topological polar surface area (TPSA) is 67.2 Å². The van der Waals surface area contributed by atoms with Crippen LogP contribution in [-0.4, -0.2) is 45.6 Å². The van der Waals surface area contributed by atoms with Gasteiger partial charge in [-0.1, -0.05) is 30.3 Å². The monoisotopic (exact) mass is 444 g/mol. The summed E-state index contributed by atoms with van der Waals surface area (Å²) in [5.41, 5.74) is 4.64. The second-order valence-electron chi connectivity index (χ2n) is 8.84. The zero-order valence-corrected chi connectivity index (χ0v) is 19.5. The van der Waals surface area contributed by atoms with Gasteiger partial charge in [-0.2, -0.15) is 5.10 Å². The van der Waals surface area contributed by atoms with E-state index in [4.69, 9.17) is 0 Å². The van der Waals surface area contributed by atoms with E-state index in [9.17, 15) is 9.59 Å². The summed E-state index contributed by atoms with van der Waals surface area (Å²) in [6.07, 6.45) is 3.88. The van der Waals surface area contributed by atoms with Crippen LogP contribution in [0.25, 0.3) is 0 Å². The van der Waals surface area contributed by atoms with Gasteiger partial charge < -0.3 is 10.2 Å². The third-order valence-electron chi connectivity index (χ3n) is 6.32. The Morgan fingerprint density at radius 2 is 1.76 bits per heavy atom.